The van der Waals surface area contributed by atoms with E-state index in [-0.39, 0.29) is 29.7 Å². The lowest BCUT2D eigenvalue weighted by Gasteiger charge is -2.40. The Morgan fingerprint density at radius 1 is 1.29 bits per heavy atom. The van der Waals surface area contributed by atoms with Crippen LogP contribution in [0, 0.1) is 5.92 Å². The molecule has 28 heavy (non-hydrogen) atoms. The highest BCUT2D eigenvalue weighted by Gasteiger charge is 2.28. The number of aromatic nitrogens is 2. The maximum atomic E-state index is 12.4. The maximum Gasteiger partial charge on any atom is 0.230 e. The summed E-state index contributed by atoms with van der Waals surface area (Å²) in [7, 11) is 0. The Kier molecular flexibility index (Phi) is 8.37. The number of thioether (sulfide) groups is 1. The lowest BCUT2D eigenvalue weighted by atomic mass is 10.1. The predicted molar refractivity (Wildman–Crippen MR) is 114 cm³/mol. The number of nitrogens with zero attached hydrogens (tertiary/aromatic N) is 4. The van der Waals surface area contributed by atoms with Gasteiger partial charge in [0.2, 0.25) is 11.8 Å². The molecule has 1 atom stereocenters. The topological polar surface area (TPSA) is 78.4 Å². The number of hydrogen-bond acceptors (Lipinski definition) is 6. The highest BCUT2D eigenvalue weighted by atomic mass is 35.5. The summed E-state index contributed by atoms with van der Waals surface area (Å²) in [5.41, 5.74) is 0. The van der Waals surface area contributed by atoms with Crippen LogP contribution in [0.3, 0.4) is 0 Å². The Hall–Kier alpha value is -1.54. The molecule has 9 heteroatoms. The van der Waals surface area contributed by atoms with Gasteiger partial charge in [-0.1, -0.05) is 37.2 Å². The van der Waals surface area contributed by atoms with Gasteiger partial charge in [0.1, 0.15) is 11.0 Å². The summed E-state index contributed by atoms with van der Waals surface area (Å²) in [6, 6.07) is 1.93. The first-order chi connectivity index (χ1) is 13.2. The van der Waals surface area contributed by atoms with Crippen LogP contribution in [-0.2, 0) is 9.59 Å². The fourth-order valence-electron chi connectivity index (χ4n) is 3.11. The number of nitrogens with one attached hydrogen (secondary N) is 1. The molecule has 156 valence electrons. The van der Waals surface area contributed by atoms with E-state index in [0.29, 0.717) is 42.3 Å². The fraction of sp³-hybridized carbons (Fsp3) is 0.684. The number of hydrogen-bond donors (Lipinski definition) is 1. The zero-order chi connectivity index (χ0) is 20.8. The van der Waals surface area contributed by atoms with E-state index < -0.39 is 0 Å². The summed E-state index contributed by atoms with van der Waals surface area (Å²) in [5.74, 6) is 1.47. The second-order valence-electron chi connectivity index (χ2n) is 7.82. The number of amides is 2. The van der Waals surface area contributed by atoms with E-state index >= 15 is 0 Å². The average Bonchev–Trinajstić information content (AvgIpc) is 2.58. The quantitative estimate of drug-likeness (QED) is 0.409. The van der Waals surface area contributed by atoms with Crippen molar-refractivity contribution in [2.24, 2.45) is 5.92 Å². The summed E-state index contributed by atoms with van der Waals surface area (Å²) < 4.78 is 0. The molecule has 1 N–H and O–H groups in total. The summed E-state index contributed by atoms with van der Waals surface area (Å²) in [6.45, 7) is 12.1. The van der Waals surface area contributed by atoms with Gasteiger partial charge in [0.15, 0.2) is 5.16 Å². The summed E-state index contributed by atoms with van der Waals surface area (Å²) >= 11 is 7.45. The molecule has 0 spiro atoms. The van der Waals surface area contributed by atoms with Gasteiger partial charge >= 0.3 is 0 Å². The van der Waals surface area contributed by atoms with Crippen molar-refractivity contribution < 1.29 is 9.59 Å². The molecule has 0 aromatic carbocycles. The van der Waals surface area contributed by atoms with Crippen molar-refractivity contribution in [3.05, 3.63) is 11.2 Å². The van der Waals surface area contributed by atoms with Gasteiger partial charge in [-0.05, 0) is 26.7 Å². The molecule has 0 aliphatic carbocycles. The van der Waals surface area contributed by atoms with Crippen molar-refractivity contribution in [2.75, 3.05) is 30.3 Å². The van der Waals surface area contributed by atoms with E-state index in [1.165, 1.54) is 11.8 Å². The van der Waals surface area contributed by atoms with E-state index in [2.05, 4.69) is 41.0 Å². The molecule has 2 rings (SSSR count). The number of rotatable bonds is 7. The summed E-state index contributed by atoms with van der Waals surface area (Å²) in [5, 5.41) is 3.67. The minimum absolute atomic E-state index is 0.0592. The monoisotopic (exact) mass is 427 g/mol. The van der Waals surface area contributed by atoms with Crippen LogP contribution in [0.2, 0.25) is 5.15 Å². The number of carbonyl (C=O) groups excluding carboxylic acids is 2. The minimum atomic E-state index is -0.0592. The highest BCUT2D eigenvalue weighted by Crippen LogP contribution is 2.24. The molecule has 0 saturated carbocycles. The first-order valence-electron chi connectivity index (χ1n) is 9.66. The average molecular weight is 428 g/mol. The van der Waals surface area contributed by atoms with Crippen molar-refractivity contribution in [2.45, 2.75) is 58.3 Å². The van der Waals surface area contributed by atoms with Gasteiger partial charge in [-0.25, -0.2) is 9.97 Å². The third-order valence-electron chi connectivity index (χ3n) is 4.30. The van der Waals surface area contributed by atoms with Crippen LogP contribution in [0.5, 0.6) is 0 Å². The number of carbonyl (C=O) groups is 2. The lowest BCUT2D eigenvalue weighted by molar-refractivity contribution is -0.134. The Morgan fingerprint density at radius 3 is 2.61 bits per heavy atom. The highest BCUT2D eigenvalue weighted by molar-refractivity contribution is 7.99. The Balaban J connectivity index is 2.01. The normalized spacial score (nSPS) is 17.4. The van der Waals surface area contributed by atoms with Crippen molar-refractivity contribution >= 4 is 41.0 Å². The smallest absolute Gasteiger partial charge is 0.230 e. The fourth-order valence-corrected chi connectivity index (χ4v) is 4.00. The summed E-state index contributed by atoms with van der Waals surface area (Å²) in [6.07, 6.45) is 0.572. The van der Waals surface area contributed by atoms with Crippen LogP contribution >= 0.6 is 23.4 Å². The molecule has 0 bridgehead atoms. The van der Waals surface area contributed by atoms with Crippen molar-refractivity contribution in [3.8, 4) is 0 Å². The number of anilines is 1. The number of halogens is 1. The SMILES string of the molecule is CC(C)CC(=O)N1CCN(c2cc(Cl)nc(SCC(=O)NC(C)C)n2)C[C@@H]1C. The van der Waals surface area contributed by atoms with Crippen molar-refractivity contribution in [1.29, 1.82) is 0 Å². The molecule has 7 nitrogen and oxygen atoms in total. The van der Waals surface area contributed by atoms with Crippen LogP contribution < -0.4 is 10.2 Å². The minimum Gasteiger partial charge on any atom is -0.353 e. The van der Waals surface area contributed by atoms with E-state index in [1.807, 2.05) is 18.7 Å². The van der Waals surface area contributed by atoms with Crippen molar-refractivity contribution in [3.63, 3.8) is 0 Å². The van der Waals surface area contributed by atoms with Crippen LogP contribution in [-0.4, -0.2) is 64.2 Å². The largest absolute Gasteiger partial charge is 0.353 e. The predicted octanol–water partition coefficient (Wildman–Crippen LogP) is 2.83. The third kappa shape index (κ3) is 6.81. The van der Waals surface area contributed by atoms with Crippen LogP contribution in [0.1, 0.15) is 41.0 Å². The maximum absolute atomic E-state index is 12.4. The number of piperazine rings is 1. The first kappa shape index (κ1) is 22.7. The molecule has 1 fully saturated rings. The molecule has 1 aromatic heterocycles. The van der Waals surface area contributed by atoms with E-state index in [0.717, 1.165) is 5.82 Å². The molecule has 0 unspecified atom stereocenters. The third-order valence-corrected chi connectivity index (χ3v) is 5.34. The molecular weight excluding hydrogens is 398 g/mol. The van der Waals surface area contributed by atoms with Gasteiger partial charge in [0.05, 0.1) is 5.75 Å². The Bertz CT molecular complexity index is 701. The van der Waals surface area contributed by atoms with Crippen LogP contribution in [0.15, 0.2) is 11.2 Å². The molecule has 1 saturated heterocycles. The lowest BCUT2D eigenvalue weighted by Crippen LogP contribution is -2.54. The summed E-state index contributed by atoms with van der Waals surface area (Å²) in [4.78, 5) is 37.1. The zero-order valence-electron chi connectivity index (χ0n) is 17.2. The Labute approximate surface area is 176 Å². The van der Waals surface area contributed by atoms with Gasteiger partial charge in [0.25, 0.3) is 0 Å². The zero-order valence-corrected chi connectivity index (χ0v) is 18.8. The molecule has 2 amide bonds. The molecule has 1 aliphatic heterocycles. The first-order valence-corrected chi connectivity index (χ1v) is 11.0. The standard InChI is InChI=1S/C19H30ClN5O2S/c1-12(2)8-18(27)25-7-6-24(10-14(25)5)16-9-15(20)22-19(23-16)28-11-17(26)21-13(3)4/h9,12-14H,6-8,10-11H2,1-5H3,(H,21,26)/t14-/m0/s1. The second-order valence-corrected chi connectivity index (χ2v) is 9.15. The second kappa shape index (κ2) is 10.3. The van der Waals surface area contributed by atoms with Gasteiger partial charge in [-0.3, -0.25) is 9.59 Å². The van der Waals surface area contributed by atoms with Gasteiger partial charge in [-0.15, -0.1) is 0 Å². The molecule has 1 aromatic rings. The molecular formula is C19H30ClN5O2S. The van der Waals surface area contributed by atoms with Crippen molar-refractivity contribution in [1.82, 2.24) is 20.2 Å². The van der Waals surface area contributed by atoms with E-state index in [4.69, 9.17) is 11.6 Å². The van der Waals surface area contributed by atoms with Crippen LogP contribution in [0.4, 0.5) is 5.82 Å². The van der Waals surface area contributed by atoms with E-state index in [9.17, 15) is 9.59 Å². The van der Waals surface area contributed by atoms with E-state index in [1.54, 1.807) is 6.07 Å². The van der Waals surface area contributed by atoms with Gasteiger partial charge < -0.3 is 15.1 Å². The molecule has 1 aliphatic rings. The Morgan fingerprint density at radius 2 is 2.00 bits per heavy atom. The van der Waals surface area contributed by atoms with Gasteiger partial charge in [0, 0.05) is 44.2 Å². The van der Waals surface area contributed by atoms with Crippen LogP contribution in [0.25, 0.3) is 0 Å². The molecule has 0 radical (unpaired) electrons. The van der Waals surface area contributed by atoms with Gasteiger partial charge in [-0.2, -0.15) is 0 Å². The molecule has 2 heterocycles.